The van der Waals surface area contributed by atoms with Crippen LogP contribution in [0.4, 0.5) is 0 Å². The van der Waals surface area contributed by atoms with Crippen molar-refractivity contribution in [3.8, 4) is 34.0 Å². The van der Waals surface area contributed by atoms with Gasteiger partial charge in [-0.1, -0.05) is 82.5 Å². The van der Waals surface area contributed by atoms with Gasteiger partial charge in [-0.05, 0) is 102 Å². The number of hydrogen-bond donors (Lipinski definition) is 0. The summed E-state index contributed by atoms with van der Waals surface area (Å²) in [7, 11) is 0. The molecule has 4 heterocycles. The molecule has 0 atom stereocenters. The zero-order valence-electron chi connectivity index (χ0n) is 28.9. The standard InChI is InChI=1S/C45H40N4O/c1-45(2,3)33-20-21-38(47-28-33)32-26-36-43(35-15-7-9-18-40(35)49-41-19-10-8-17-39(41)48-44(36)49)42(27-32)50-34-24-30(29-13-5-4-6-14-29)23-31(25-34)37-16-11-12-22-46-37/h7-12,15-29H,4-6,13-14H2,1-3H3. The van der Waals surface area contributed by atoms with Crippen molar-refractivity contribution >= 4 is 38.4 Å². The first-order chi connectivity index (χ1) is 24.4. The third-order valence-corrected chi connectivity index (χ3v) is 10.4. The maximum absolute atomic E-state index is 7.16. The summed E-state index contributed by atoms with van der Waals surface area (Å²) in [5, 5.41) is 3.19. The number of rotatable bonds is 5. The zero-order chi connectivity index (χ0) is 33.8. The fraction of sp³-hybridized carbons (Fsp3) is 0.222. The highest BCUT2D eigenvalue weighted by molar-refractivity contribution is 6.17. The van der Waals surface area contributed by atoms with E-state index in [1.807, 2.05) is 18.5 Å². The summed E-state index contributed by atoms with van der Waals surface area (Å²) in [6.45, 7) is 6.66. The Morgan fingerprint density at radius 2 is 1.44 bits per heavy atom. The van der Waals surface area contributed by atoms with Crippen molar-refractivity contribution in [1.29, 1.82) is 0 Å². The maximum atomic E-state index is 7.16. The monoisotopic (exact) mass is 652 g/mol. The lowest BCUT2D eigenvalue weighted by Gasteiger charge is -2.23. The molecule has 0 amide bonds. The van der Waals surface area contributed by atoms with Gasteiger partial charge in [0, 0.05) is 39.7 Å². The molecule has 0 spiro atoms. The molecule has 9 rings (SSSR count). The van der Waals surface area contributed by atoms with Crippen LogP contribution in [0.1, 0.15) is 69.9 Å². The molecule has 1 saturated carbocycles. The highest BCUT2D eigenvalue weighted by Crippen LogP contribution is 2.44. The second kappa shape index (κ2) is 12.1. The minimum Gasteiger partial charge on any atom is -0.457 e. The number of imidazole rings is 1. The smallest absolute Gasteiger partial charge is 0.146 e. The molecular weight excluding hydrogens is 613 g/mol. The average Bonchev–Trinajstić information content (AvgIpc) is 3.55. The molecule has 4 aromatic heterocycles. The van der Waals surface area contributed by atoms with Gasteiger partial charge < -0.3 is 4.74 Å². The normalized spacial score (nSPS) is 14.2. The van der Waals surface area contributed by atoms with E-state index < -0.39 is 0 Å². The number of nitrogens with zero attached hydrogens (tertiary/aromatic N) is 4. The highest BCUT2D eigenvalue weighted by Gasteiger charge is 2.22. The van der Waals surface area contributed by atoms with Crippen molar-refractivity contribution in [2.45, 2.75) is 64.2 Å². The minimum absolute atomic E-state index is 0.0128. The molecule has 5 nitrogen and oxygen atoms in total. The molecule has 4 aromatic carbocycles. The first kappa shape index (κ1) is 30.5. The van der Waals surface area contributed by atoms with E-state index >= 15 is 0 Å². The lowest BCUT2D eigenvalue weighted by atomic mass is 9.83. The van der Waals surface area contributed by atoms with Gasteiger partial charge >= 0.3 is 0 Å². The molecule has 1 fully saturated rings. The van der Waals surface area contributed by atoms with Crippen LogP contribution in [0.25, 0.3) is 60.9 Å². The number of ether oxygens (including phenoxy) is 1. The van der Waals surface area contributed by atoms with Crippen LogP contribution in [0.2, 0.25) is 0 Å². The third-order valence-electron chi connectivity index (χ3n) is 10.4. The van der Waals surface area contributed by atoms with Gasteiger partial charge in [0.2, 0.25) is 0 Å². The molecule has 0 unspecified atom stereocenters. The zero-order valence-corrected chi connectivity index (χ0v) is 28.9. The number of aromatic nitrogens is 4. The Labute approximate surface area is 292 Å². The molecule has 246 valence electrons. The third kappa shape index (κ3) is 5.38. The van der Waals surface area contributed by atoms with E-state index in [2.05, 4.69) is 128 Å². The van der Waals surface area contributed by atoms with E-state index in [9.17, 15) is 0 Å². The maximum Gasteiger partial charge on any atom is 0.146 e. The number of pyridine rings is 3. The van der Waals surface area contributed by atoms with E-state index in [1.165, 1.54) is 43.2 Å². The molecule has 5 heteroatoms. The van der Waals surface area contributed by atoms with Crippen LogP contribution in [0, 0.1) is 0 Å². The lowest BCUT2D eigenvalue weighted by Crippen LogP contribution is -2.11. The topological polar surface area (TPSA) is 52.3 Å². The van der Waals surface area contributed by atoms with Gasteiger partial charge in [-0.3, -0.25) is 14.4 Å². The molecule has 0 saturated heterocycles. The van der Waals surface area contributed by atoms with Gasteiger partial charge in [0.1, 0.15) is 17.1 Å². The van der Waals surface area contributed by atoms with Gasteiger partial charge in [0.25, 0.3) is 0 Å². The van der Waals surface area contributed by atoms with Crippen LogP contribution >= 0.6 is 0 Å². The summed E-state index contributed by atoms with van der Waals surface area (Å²) < 4.78 is 9.46. The van der Waals surface area contributed by atoms with E-state index in [4.69, 9.17) is 19.7 Å². The average molecular weight is 653 g/mol. The summed E-state index contributed by atoms with van der Waals surface area (Å²) in [6, 6.07) is 38.6. The second-order valence-electron chi connectivity index (χ2n) is 14.8. The summed E-state index contributed by atoms with van der Waals surface area (Å²) >= 11 is 0. The van der Waals surface area contributed by atoms with Crippen LogP contribution in [0.3, 0.4) is 0 Å². The molecule has 0 bridgehead atoms. The lowest BCUT2D eigenvalue weighted by molar-refractivity contribution is 0.440. The number of benzene rings is 4. The Bertz CT molecular complexity index is 2520. The van der Waals surface area contributed by atoms with Crippen molar-refractivity contribution in [2.75, 3.05) is 0 Å². The van der Waals surface area contributed by atoms with Crippen molar-refractivity contribution < 1.29 is 4.74 Å². The van der Waals surface area contributed by atoms with Crippen LogP contribution in [0.15, 0.2) is 122 Å². The first-order valence-corrected chi connectivity index (χ1v) is 17.9. The Kier molecular flexibility index (Phi) is 7.38. The largest absolute Gasteiger partial charge is 0.457 e. The quantitative estimate of drug-likeness (QED) is 0.174. The molecule has 1 aliphatic carbocycles. The predicted molar refractivity (Wildman–Crippen MR) is 205 cm³/mol. The number of para-hydroxylation sites is 3. The molecule has 0 aliphatic heterocycles. The minimum atomic E-state index is 0.0128. The Morgan fingerprint density at radius 3 is 2.22 bits per heavy atom. The summed E-state index contributed by atoms with van der Waals surface area (Å²) in [5.41, 5.74) is 10.5. The van der Waals surface area contributed by atoms with E-state index in [1.54, 1.807) is 0 Å². The Hall–Kier alpha value is -5.55. The van der Waals surface area contributed by atoms with E-state index in [-0.39, 0.29) is 5.41 Å². The van der Waals surface area contributed by atoms with Crippen LogP contribution in [0.5, 0.6) is 11.5 Å². The fourth-order valence-corrected chi connectivity index (χ4v) is 7.80. The number of fused-ring (bicyclic) bond motifs is 8. The SMILES string of the molecule is CC(C)(C)c1ccc(-c2cc(Oc3cc(-c4ccccn4)cc(C4CCCCC4)c3)c3c4ccccc4n4c5ccccc5nc4c3c2)nc1. The van der Waals surface area contributed by atoms with Crippen molar-refractivity contribution in [1.82, 2.24) is 19.4 Å². The van der Waals surface area contributed by atoms with Gasteiger partial charge in [0.05, 0.1) is 27.9 Å². The molecule has 8 aromatic rings. The Balaban J connectivity index is 1.31. The fourth-order valence-electron chi connectivity index (χ4n) is 7.80. The highest BCUT2D eigenvalue weighted by atomic mass is 16.5. The molecule has 0 radical (unpaired) electrons. The van der Waals surface area contributed by atoms with E-state index in [0.29, 0.717) is 5.92 Å². The second-order valence-corrected chi connectivity index (χ2v) is 14.8. The van der Waals surface area contributed by atoms with Crippen molar-refractivity contribution in [3.05, 3.63) is 133 Å². The van der Waals surface area contributed by atoms with Crippen molar-refractivity contribution in [2.24, 2.45) is 0 Å². The van der Waals surface area contributed by atoms with Crippen LogP contribution in [-0.4, -0.2) is 19.4 Å². The van der Waals surface area contributed by atoms with Gasteiger partial charge in [0.15, 0.2) is 0 Å². The van der Waals surface area contributed by atoms with Gasteiger partial charge in [-0.15, -0.1) is 0 Å². The molecule has 50 heavy (non-hydrogen) atoms. The van der Waals surface area contributed by atoms with Crippen molar-refractivity contribution in [3.63, 3.8) is 0 Å². The summed E-state index contributed by atoms with van der Waals surface area (Å²) in [4.78, 5) is 15.0. The van der Waals surface area contributed by atoms with E-state index in [0.717, 1.165) is 72.4 Å². The van der Waals surface area contributed by atoms with Gasteiger partial charge in [-0.25, -0.2) is 4.98 Å². The summed E-state index contributed by atoms with van der Waals surface area (Å²) in [5.74, 6) is 2.12. The Morgan fingerprint density at radius 1 is 0.680 bits per heavy atom. The number of hydrogen-bond acceptors (Lipinski definition) is 4. The van der Waals surface area contributed by atoms with Crippen LogP contribution in [-0.2, 0) is 5.41 Å². The summed E-state index contributed by atoms with van der Waals surface area (Å²) in [6.07, 6.45) is 10.1. The van der Waals surface area contributed by atoms with Crippen LogP contribution < -0.4 is 4.74 Å². The first-order valence-electron chi connectivity index (χ1n) is 17.9. The van der Waals surface area contributed by atoms with Gasteiger partial charge in [-0.2, -0.15) is 0 Å². The molecule has 0 N–H and O–H groups in total. The predicted octanol–water partition coefficient (Wildman–Crippen LogP) is 12.1. The molecular formula is C45H40N4O. The molecule has 1 aliphatic rings.